The molecule has 104 valence electrons. The van der Waals surface area contributed by atoms with E-state index in [2.05, 4.69) is 9.71 Å². The van der Waals surface area contributed by atoms with Crippen LogP contribution in [0.4, 0.5) is 0 Å². The van der Waals surface area contributed by atoms with Gasteiger partial charge in [0.25, 0.3) is 10.0 Å². The second kappa shape index (κ2) is 5.68. The molecule has 0 aromatic carbocycles. The van der Waals surface area contributed by atoms with Crippen molar-refractivity contribution in [3.8, 4) is 0 Å². The highest BCUT2D eigenvalue weighted by Gasteiger charge is 2.21. The van der Waals surface area contributed by atoms with E-state index in [-0.39, 0.29) is 16.9 Å². The Morgan fingerprint density at radius 2 is 2.16 bits per heavy atom. The van der Waals surface area contributed by atoms with Gasteiger partial charge in [0.1, 0.15) is 9.22 Å². The van der Waals surface area contributed by atoms with Crippen LogP contribution in [0.25, 0.3) is 0 Å². The molecule has 0 aliphatic heterocycles. The third-order valence-electron chi connectivity index (χ3n) is 2.40. The maximum atomic E-state index is 12.1. The summed E-state index contributed by atoms with van der Waals surface area (Å²) in [4.78, 5) is 5.83. The summed E-state index contributed by atoms with van der Waals surface area (Å²) >= 11 is 2.53. The predicted octanol–water partition coefficient (Wildman–Crippen LogP) is 2.04. The van der Waals surface area contributed by atoms with E-state index in [1.165, 1.54) is 17.4 Å². The van der Waals surface area contributed by atoms with Gasteiger partial charge in [-0.1, -0.05) is 0 Å². The molecule has 0 fully saturated rings. The van der Waals surface area contributed by atoms with Crippen LogP contribution in [0.5, 0.6) is 0 Å². The Hall–Kier alpha value is -0.800. The van der Waals surface area contributed by atoms with Crippen molar-refractivity contribution in [2.45, 2.75) is 30.7 Å². The van der Waals surface area contributed by atoms with Crippen molar-refractivity contribution in [3.05, 3.63) is 33.1 Å². The Bertz CT molecular complexity index is 660. The first-order valence-corrected chi connectivity index (χ1v) is 8.68. The van der Waals surface area contributed by atoms with E-state index in [0.29, 0.717) is 4.88 Å². The summed E-state index contributed by atoms with van der Waals surface area (Å²) in [6.07, 6.45) is 1.72. The number of aliphatic hydroxyl groups excluding tert-OH is 1. The summed E-state index contributed by atoms with van der Waals surface area (Å²) in [6, 6.07) is 2.74. The van der Waals surface area contributed by atoms with Crippen molar-refractivity contribution in [1.82, 2.24) is 9.71 Å². The zero-order chi connectivity index (χ0) is 14.0. The lowest BCUT2D eigenvalue weighted by atomic mass is 10.4. The fraction of sp³-hybridized carbons (Fsp3) is 0.364. The Balaban J connectivity index is 2.17. The standard InChI is InChI=1S/C11H14N2O3S3/c1-7-5-12-11(17-7)8(2)13-19(15,16)10-4-3-9(6-14)18-10/h3-5,8,13-14H,6H2,1-2H3. The third-order valence-corrected chi connectivity index (χ3v) is 6.60. The van der Waals surface area contributed by atoms with Crippen molar-refractivity contribution in [3.63, 3.8) is 0 Å². The molecule has 2 N–H and O–H groups in total. The molecule has 5 nitrogen and oxygen atoms in total. The van der Waals surface area contributed by atoms with Crippen LogP contribution in [-0.2, 0) is 16.6 Å². The lowest BCUT2D eigenvalue weighted by Crippen LogP contribution is -2.26. The zero-order valence-corrected chi connectivity index (χ0v) is 12.9. The van der Waals surface area contributed by atoms with E-state index in [4.69, 9.17) is 5.11 Å². The summed E-state index contributed by atoms with van der Waals surface area (Å²) in [5.41, 5.74) is 0. The monoisotopic (exact) mass is 318 g/mol. The topological polar surface area (TPSA) is 79.3 Å². The number of hydrogen-bond donors (Lipinski definition) is 2. The number of aryl methyl sites for hydroxylation is 1. The lowest BCUT2D eigenvalue weighted by molar-refractivity contribution is 0.285. The molecule has 0 radical (unpaired) electrons. The van der Waals surface area contributed by atoms with Gasteiger partial charge in [-0.05, 0) is 26.0 Å². The summed E-state index contributed by atoms with van der Waals surface area (Å²) in [5.74, 6) is 0. The van der Waals surface area contributed by atoms with Crippen molar-refractivity contribution >= 4 is 32.7 Å². The average molecular weight is 318 g/mol. The second-order valence-electron chi connectivity index (χ2n) is 4.03. The minimum atomic E-state index is -3.56. The molecule has 0 spiro atoms. The summed E-state index contributed by atoms with van der Waals surface area (Å²) in [5, 5.41) is 9.70. The maximum absolute atomic E-state index is 12.1. The summed E-state index contributed by atoms with van der Waals surface area (Å²) in [7, 11) is -3.56. The van der Waals surface area contributed by atoms with Crippen LogP contribution in [-0.4, -0.2) is 18.5 Å². The Morgan fingerprint density at radius 1 is 1.42 bits per heavy atom. The predicted molar refractivity (Wildman–Crippen MR) is 75.8 cm³/mol. The second-order valence-corrected chi connectivity index (χ2v) is 8.41. The maximum Gasteiger partial charge on any atom is 0.250 e. The fourth-order valence-electron chi connectivity index (χ4n) is 1.50. The number of nitrogens with zero attached hydrogens (tertiary/aromatic N) is 1. The Labute approximate surface area is 120 Å². The van der Waals surface area contributed by atoms with Gasteiger partial charge in [0.05, 0.1) is 12.6 Å². The fourth-order valence-corrected chi connectivity index (χ4v) is 4.79. The average Bonchev–Trinajstić information content (AvgIpc) is 2.96. The van der Waals surface area contributed by atoms with Gasteiger partial charge in [0.2, 0.25) is 0 Å². The van der Waals surface area contributed by atoms with Crippen molar-refractivity contribution in [2.24, 2.45) is 0 Å². The highest BCUT2D eigenvalue weighted by Crippen LogP contribution is 2.25. The molecule has 0 amide bonds. The molecule has 8 heteroatoms. The molecule has 2 rings (SSSR count). The minimum absolute atomic E-state index is 0.151. The van der Waals surface area contributed by atoms with Crippen LogP contribution in [0.1, 0.15) is 27.7 Å². The van der Waals surface area contributed by atoms with Gasteiger partial charge in [-0.3, -0.25) is 0 Å². The molecule has 0 saturated heterocycles. The molecule has 2 heterocycles. The molecule has 0 saturated carbocycles. The van der Waals surface area contributed by atoms with Gasteiger partial charge in [-0.25, -0.2) is 18.1 Å². The van der Waals surface area contributed by atoms with Crippen LogP contribution < -0.4 is 4.72 Å². The molecule has 0 aliphatic rings. The van der Waals surface area contributed by atoms with E-state index in [1.54, 1.807) is 19.2 Å². The van der Waals surface area contributed by atoms with E-state index in [0.717, 1.165) is 21.2 Å². The van der Waals surface area contributed by atoms with Crippen LogP contribution >= 0.6 is 22.7 Å². The molecule has 0 aliphatic carbocycles. The molecular weight excluding hydrogens is 304 g/mol. The Morgan fingerprint density at radius 3 is 2.68 bits per heavy atom. The smallest absolute Gasteiger partial charge is 0.250 e. The summed E-state index contributed by atoms with van der Waals surface area (Å²) < 4.78 is 27.1. The minimum Gasteiger partial charge on any atom is -0.391 e. The van der Waals surface area contributed by atoms with Crippen LogP contribution in [0.3, 0.4) is 0 Å². The van der Waals surface area contributed by atoms with E-state index >= 15 is 0 Å². The molecule has 0 bridgehead atoms. The van der Waals surface area contributed by atoms with Crippen LogP contribution in [0, 0.1) is 6.92 Å². The number of thiophene rings is 1. The van der Waals surface area contributed by atoms with E-state index < -0.39 is 10.0 Å². The van der Waals surface area contributed by atoms with Crippen LogP contribution in [0.2, 0.25) is 0 Å². The first kappa shape index (κ1) is 14.6. The molecule has 1 atom stereocenters. The Kier molecular flexibility index (Phi) is 4.36. The first-order chi connectivity index (χ1) is 8.92. The van der Waals surface area contributed by atoms with Gasteiger partial charge in [-0.15, -0.1) is 22.7 Å². The van der Waals surface area contributed by atoms with Gasteiger partial charge < -0.3 is 5.11 Å². The normalized spacial score (nSPS) is 13.6. The number of aromatic nitrogens is 1. The lowest BCUT2D eigenvalue weighted by Gasteiger charge is -2.10. The van der Waals surface area contributed by atoms with Crippen molar-refractivity contribution in [2.75, 3.05) is 0 Å². The van der Waals surface area contributed by atoms with Crippen LogP contribution in [0.15, 0.2) is 22.5 Å². The first-order valence-electron chi connectivity index (χ1n) is 5.56. The molecular formula is C11H14N2O3S3. The zero-order valence-electron chi connectivity index (χ0n) is 10.5. The van der Waals surface area contributed by atoms with Gasteiger partial charge >= 0.3 is 0 Å². The highest BCUT2D eigenvalue weighted by molar-refractivity contribution is 7.91. The quantitative estimate of drug-likeness (QED) is 0.884. The van der Waals surface area contributed by atoms with Gasteiger partial charge in [0, 0.05) is 16.0 Å². The molecule has 19 heavy (non-hydrogen) atoms. The van der Waals surface area contributed by atoms with E-state index in [9.17, 15) is 8.42 Å². The van der Waals surface area contributed by atoms with Crippen molar-refractivity contribution < 1.29 is 13.5 Å². The number of thiazole rings is 1. The molecule has 1 unspecified atom stereocenters. The number of hydrogen-bond acceptors (Lipinski definition) is 6. The van der Waals surface area contributed by atoms with Gasteiger partial charge in [-0.2, -0.15) is 0 Å². The SMILES string of the molecule is Cc1cnc(C(C)NS(=O)(=O)c2ccc(CO)s2)s1. The largest absolute Gasteiger partial charge is 0.391 e. The molecule has 2 aromatic rings. The number of sulfonamides is 1. The van der Waals surface area contributed by atoms with Gasteiger partial charge in [0.15, 0.2) is 0 Å². The third kappa shape index (κ3) is 3.40. The number of aliphatic hydroxyl groups is 1. The number of nitrogens with one attached hydrogen (secondary N) is 1. The highest BCUT2D eigenvalue weighted by atomic mass is 32.2. The number of rotatable bonds is 5. The molecule has 2 aromatic heterocycles. The van der Waals surface area contributed by atoms with E-state index in [1.807, 2.05) is 6.92 Å². The summed E-state index contributed by atoms with van der Waals surface area (Å²) in [6.45, 7) is 3.53. The van der Waals surface area contributed by atoms with Crippen molar-refractivity contribution in [1.29, 1.82) is 0 Å².